The van der Waals surface area contributed by atoms with E-state index in [0.29, 0.717) is 37.1 Å². The highest BCUT2D eigenvalue weighted by Gasteiger charge is 2.22. The zero-order chi connectivity index (χ0) is 70.1. The number of benzene rings is 5. The highest BCUT2D eigenvalue weighted by molar-refractivity contribution is 7.99. The number of carbonyl (C=O) groups excluding carboxylic acids is 2. The summed E-state index contributed by atoms with van der Waals surface area (Å²) in [7, 11) is -16.0. The third-order valence-corrected chi connectivity index (χ3v) is 16.3. The minimum atomic E-state index is -4.36. The van der Waals surface area contributed by atoms with E-state index in [0.717, 1.165) is 23.5 Å². The molecule has 7 rings (SSSR count). The fourth-order valence-electron chi connectivity index (χ4n) is 7.64. The summed E-state index contributed by atoms with van der Waals surface area (Å²) in [6.45, 7) is 5.48. The van der Waals surface area contributed by atoms with Crippen molar-refractivity contribution in [1.29, 1.82) is 5.26 Å². The van der Waals surface area contributed by atoms with E-state index in [4.69, 9.17) is 41.6 Å². The fourth-order valence-corrected chi connectivity index (χ4v) is 11.5. The van der Waals surface area contributed by atoms with E-state index in [-0.39, 0.29) is 124 Å². The molecule has 0 bridgehead atoms. The molecule has 2 aromatic heterocycles. The van der Waals surface area contributed by atoms with E-state index in [1.807, 2.05) is 0 Å². The van der Waals surface area contributed by atoms with Crippen LogP contribution in [0.5, 0.6) is 11.6 Å². The number of aryl methyl sites for hydroxylation is 1. The van der Waals surface area contributed by atoms with Crippen LogP contribution in [0.15, 0.2) is 136 Å². The smallest absolute Gasteiger partial charge is 0.425 e. The lowest BCUT2D eigenvalue weighted by atomic mass is 10.1. The average molecular weight is 1470 g/mol. The Morgan fingerprint density at radius 2 is 1.08 bits per heavy atom. The van der Waals surface area contributed by atoms with Crippen LogP contribution in [0.3, 0.4) is 0 Å². The molecule has 5 aromatic carbocycles. The number of imidazole rings is 1. The van der Waals surface area contributed by atoms with Crippen molar-refractivity contribution >= 4 is 172 Å². The number of azo groups is 4. The number of para-hydroxylation sites is 2. The van der Waals surface area contributed by atoms with Crippen LogP contribution in [0.4, 0.5) is 56.9 Å². The van der Waals surface area contributed by atoms with Gasteiger partial charge in [-0.1, -0.05) is 31.2 Å². The zero-order valence-corrected chi connectivity index (χ0v) is 56.4. The van der Waals surface area contributed by atoms with Gasteiger partial charge in [-0.3, -0.25) is 27.6 Å². The number of amides is 2. The van der Waals surface area contributed by atoms with Crippen molar-refractivity contribution in [2.24, 2.45) is 40.9 Å². The lowest BCUT2D eigenvalue weighted by molar-refractivity contribution is -0.115. The Balaban J connectivity index is 0.00000182. The third-order valence-electron chi connectivity index (χ3n) is 11.4. The summed E-state index contributed by atoms with van der Waals surface area (Å²) in [5, 5.41) is 63.1. The Morgan fingerprint density at radius 3 is 1.56 bits per heavy atom. The molecule has 33 nitrogen and oxygen atoms in total. The monoisotopic (exact) mass is 1470 g/mol. The first-order valence-corrected chi connectivity index (χ1v) is 35.5. The molecule has 7 aromatic rings. The van der Waals surface area contributed by atoms with Crippen molar-refractivity contribution in [2.45, 2.75) is 64.2 Å². The van der Waals surface area contributed by atoms with Crippen molar-refractivity contribution in [3.8, 4) is 17.7 Å². The number of fused-ring (bicyclic) bond motifs is 3. The number of hydrogen-bond donors (Lipinski definition) is 6. The highest BCUT2D eigenvalue weighted by atomic mass is 35.5. The van der Waals surface area contributed by atoms with Gasteiger partial charge in [-0.15, -0.1) is 79.5 Å². The maximum Gasteiger partial charge on any atom is 0.425 e. The Kier molecular flexibility index (Phi) is 32.3. The number of aromatic nitrogens is 2. The van der Waals surface area contributed by atoms with Gasteiger partial charge in [0.05, 0.1) is 57.6 Å². The van der Waals surface area contributed by atoms with Crippen LogP contribution in [0, 0.1) is 25.2 Å². The molecule has 0 fully saturated rings. The molecule has 510 valence electrons. The molecule has 0 spiro atoms. The summed E-state index contributed by atoms with van der Waals surface area (Å²) >= 11 is 8.27. The van der Waals surface area contributed by atoms with Crippen LogP contribution in [-0.4, -0.2) is 140 Å². The van der Waals surface area contributed by atoms with Crippen molar-refractivity contribution in [2.75, 3.05) is 60.2 Å². The average Bonchev–Trinajstić information content (AvgIpc) is 1.63. The van der Waals surface area contributed by atoms with Crippen LogP contribution >= 0.6 is 35.1 Å². The van der Waals surface area contributed by atoms with Gasteiger partial charge in [-0.05, 0) is 117 Å². The molecule has 0 atom stereocenters. The standard InChI is InChI=1S/C51H50ClN13O13S5.C2H6O.CH4.2O3S/c1-29-22-42(61-64-49-30(2)35(28-53)50-56-36-10-5-6-11-45(36)65(50)51(49)68)46(78-16-7-19-81(69,70)71)25-37(29)58-62-43-24-39(55-32(4)67)41(27-48(43)80-18-9-21-83(75,76)77)60-63-44-23-38(54-31(3)66)40(59-57-34-14-12-33(52)13-15-34)26-47(44)79-17-8-20-82(72,73)74;1-3-2;;2*1-4(2)3/h5-6,10-15,22-27,68H,7-9,16-21H2,1-4H3,(H,54,66)(H,55,67)(H,69,70,71)(H,72,73,74)(H,75,76,77);1-2H3;1H4;;. The Labute approximate surface area is 561 Å². The van der Waals surface area contributed by atoms with Gasteiger partial charge in [0, 0.05) is 54.5 Å². The minimum absolute atomic E-state index is 0. The SMILES string of the molecule is C.CC(=O)Nc1cc(N=Nc2cc(SCCCS(=O)(=O)O)c(N=Nc3cc(OCCCS(=O)(=O)O)c(N=Nc4c(C)c(C#N)c5nc6ccccc6n5c4O)cc3C)cc2NC(C)=O)c(SCCCS(=O)(=O)O)cc1N=Nc1ccc(Cl)cc1.COC.O=S(=O)=O.O=S(=O)=O. The second-order valence-corrected chi connectivity index (χ2v) is 27.0. The van der Waals surface area contributed by atoms with Gasteiger partial charge in [0.25, 0.3) is 30.4 Å². The molecule has 2 amide bonds. The maximum absolute atomic E-state index is 12.8. The number of aromatic hydroxyl groups is 1. The Hall–Kier alpha value is -8.60. The second-order valence-electron chi connectivity index (χ2n) is 18.7. The van der Waals surface area contributed by atoms with Gasteiger partial charge in [0.2, 0.25) is 17.7 Å². The number of halogens is 1. The summed E-state index contributed by atoms with van der Waals surface area (Å²) in [4.78, 5) is 30.5. The molecule has 0 radical (unpaired) electrons. The van der Waals surface area contributed by atoms with E-state index in [1.54, 1.807) is 82.7 Å². The summed E-state index contributed by atoms with van der Waals surface area (Å²) < 4.78 is 160. The largest absolute Gasteiger partial charge is 0.493 e. The van der Waals surface area contributed by atoms with E-state index >= 15 is 0 Å². The minimum Gasteiger partial charge on any atom is -0.493 e. The highest BCUT2D eigenvalue weighted by Crippen LogP contribution is 2.45. The third kappa shape index (κ3) is 27.7. The number of methoxy groups -OCH3 is 1. The van der Waals surface area contributed by atoms with E-state index in [2.05, 4.69) is 67.3 Å². The molecule has 6 N–H and O–H groups in total. The van der Waals surface area contributed by atoms with E-state index < -0.39 is 80.6 Å². The number of thioether (sulfide) groups is 2. The fraction of sp³-hybridized carbons (Fsp3) is 0.296. The summed E-state index contributed by atoms with van der Waals surface area (Å²) in [6, 6.07) is 24.4. The van der Waals surface area contributed by atoms with Crippen LogP contribution in [0.25, 0.3) is 16.7 Å². The molecule has 0 unspecified atom stereocenters. The van der Waals surface area contributed by atoms with Crippen LogP contribution in [-0.2, 0) is 65.9 Å². The van der Waals surface area contributed by atoms with E-state index in [9.17, 15) is 58.9 Å². The molecule has 0 aliphatic heterocycles. The zero-order valence-electron chi connectivity index (χ0n) is 49.9. The van der Waals surface area contributed by atoms with Crippen LogP contribution in [0.1, 0.15) is 57.2 Å². The normalized spacial score (nSPS) is 11.5. The number of nitriles is 1. The number of nitrogens with one attached hydrogen (secondary N) is 2. The van der Waals surface area contributed by atoms with Gasteiger partial charge in [-0.2, -0.15) is 40.7 Å². The first-order chi connectivity index (χ1) is 44.1. The van der Waals surface area contributed by atoms with Gasteiger partial charge in [0.1, 0.15) is 45.8 Å². The van der Waals surface area contributed by atoms with Gasteiger partial charge in [-0.25, -0.2) is 4.98 Å². The van der Waals surface area contributed by atoms with Gasteiger partial charge >= 0.3 is 21.2 Å². The summed E-state index contributed by atoms with van der Waals surface area (Å²) in [6.07, 6.45) is -0.153. The number of hydrogen-bond acceptors (Lipinski definition) is 29. The molecular formula is C54H60ClN13O20S7. The van der Waals surface area contributed by atoms with Gasteiger partial charge < -0.3 is 25.2 Å². The molecule has 0 saturated heterocycles. The summed E-state index contributed by atoms with van der Waals surface area (Å²) in [5.74, 6) is -2.87. The molecule has 0 aliphatic rings. The van der Waals surface area contributed by atoms with Gasteiger partial charge in [0.15, 0.2) is 11.3 Å². The number of ether oxygens (including phenoxy) is 2. The first-order valence-electron chi connectivity index (χ1n) is 26.3. The number of nitrogens with zero attached hydrogens (tertiary/aromatic N) is 11. The Morgan fingerprint density at radius 1 is 0.642 bits per heavy atom. The topological polar surface area (TPSA) is 502 Å². The van der Waals surface area contributed by atoms with Crippen molar-refractivity contribution in [3.63, 3.8) is 0 Å². The molecule has 95 heavy (non-hydrogen) atoms. The van der Waals surface area contributed by atoms with Crippen molar-refractivity contribution < 1.29 is 88.3 Å². The van der Waals surface area contributed by atoms with Crippen molar-refractivity contribution in [3.05, 3.63) is 107 Å². The molecule has 2 heterocycles. The van der Waals surface area contributed by atoms with E-state index in [1.165, 1.54) is 48.6 Å². The second kappa shape index (κ2) is 38.1. The number of pyridine rings is 1. The lowest BCUT2D eigenvalue weighted by Gasteiger charge is -2.13. The Bertz CT molecular complexity index is 4670. The van der Waals surface area contributed by atoms with Crippen LogP contribution < -0.4 is 15.4 Å². The molecular weight excluding hydrogens is 1410 g/mol. The number of anilines is 2. The van der Waals surface area contributed by atoms with Crippen molar-refractivity contribution in [1.82, 2.24) is 9.38 Å². The maximum atomic E-state index is 12.8. The van der Waals surface area contributed by atoms with Crippen LogP contribution in [0.2, 0.25) is 5.02 Å². The predicted molar refractivity (Wildman–Crippen MR) is 354 cm³/mol. The molecule has 0 saturated carbocycles. The number of carbonyl (C=O) groups is 2. The predicted octanol–water partition coefficient (Wildman–Crippen LogP) is 12.2. The first kappa shape index (κ1) is 80.6. The molecule has 41 heteroatoms. The summed E-state index contributed by atoms with van der Waals surface area (Å²) in [5.41, 5.74) is 3.33. The lowest BCUT2D eigenvalue weighted by Crippen LogP contribution is -2.08. The molecule has 0 aliphatic carbocycles. The number of rotatable bonds is 25. The quantitative estimate of drug-likeness (QED) is 0.0134.